The van der Waals surface area contributed by atoms with Gasteiger partial charge in [-0.15, -0.1) is 0 Å². The third kappa shape index (κ3) is 3.37. The Labute approximate surface area is 122 Å². The number of rotatable bonds is 4. The number of anilines is 1. The molecule has 21 heavy (non-hydrogen) atoms. The van der Waals surface area contributed by atoms with E-state index in [-0.39, 0.29) is 17.4 Å². The van der Waals surface area contributed by atoms with E-state index in [1.807, 2.05) is 13.0 Å². The first-order valence-electron chi connectivity index (χ1n) is 6.61. The minimum absolute atomic E-state index is 0.0973. The van der Waals surface area contributed by atoms with Crippen LogP contribution in [0.5, 0.6) is 0 Å². The van der Waals surface area contributed by atoms with Crippen molar-refractivity contribution in [3.63, 3.8) is 0 Å². The van der Waals surface area contributed by atoms with Gasteiger partial charge in [0.05, 0.1) is 5.69 Å². The van der Waals surface area contributed by atoms with Crippen LogP contribution in [0.25, 0.3) is 0 Å². The van der Waals surface area contributed by atoms with E-state index < -0.39 is 5.97 Å². The zero-order chi connectivity index (χ0) is 15.6. The van der Waals surface area contributed by atoms with Gasteiger partial charge < -0.3 is 10.4 Å². The van der Waals surface area contributed by atoms with Crippen molar-refractivity contribution < 1.29 is 14.3 Å². The molecule has 0 spiro atoms. The molecule has 1 atom stereocenters. The van der Waals surface area contributed by atoms with Crippen LogP contribution in [0.15, 0.2) is 30.5 Å². The van der Waals surface area contributed by atoms with Crippen LogP contribution in [-0.2, 0) is 0 Å². The molecule has 1 aromatic carbocycles. The minimum atomic E-state index is -1.05. The minimum Gasteiger partial charge on any atom is -0.478 e. The summed E-state index contributed by atoms with van der Waals surface area (Å²) in [6, 6.07) is 6.44. The molecule has 4 nitrogen and oxygen atoms in total. The van der Waals surface area contributed by atoms with Crippen molar-refractivity contribution in [3.8, 4) is 0 Å². The second-order valence-electron chi connectivity index (χ2n) is 5.05. The van der Waals surface area contributed by atoms with Crippen molar-refractivity contribution in [1.29, 1.82) is 0 Å². The van der Waals surface area contributed by atoms with Crippen molar-refractivity contribution in [2.45, 2.75) is 26.8 Å². The van der Waals surface area contributed by atoms with Gasteiger partial charge in [0, 0.05) is 17.9 Å². The SMILES string of the molecule is Cc1cc(NC(C)c2ccc(C)c(F)c2)c(C(=O)O)cn1. The lowest BCUT2D eigenvalue weighted by Crippen LogP contribution is -2.12. The highest BCUT2D eigenvalue weighted by molar-refractivity contribution is 5.93. The third-order valence-electron chi connectivity index (χ3n) is 3.34. The Bertz CT molecular complexity index is 686. The highest BCUT2D eigenvalue weighted by Crippen LogP contribution is 2.24. The molecule has 1 heterocycles. The monoisotopic (exact) mass is 288 g/mol. The average molecular weight is 288 g/mol. The van der Waals surface area contributed by atoms with Crippen LogP contribution in [0, 0.1) is 19.7 Å². The molecule has 0 radical (unpaired) electrons. The first-order chi connectivity index (χ1) is 9.88. The summed E-state index contributed by atoms with van der Waals surface area (Å²) >= 11 is 0. The van der Waals surface area contributed by atoms with E-state index in [9.17, 15) is 14.3 Å². The van der Waals surface area contributed by atoms with Gasteiger partial charge in [-0.3, -0.25) is 4.98 Å². The topological polar surface area (TPSA) is 62.2 Å². The van der Waals surface area contributed by atoms with Gasteiger partial charge in [0.2, 0.25) is 0 Å². The van der Waals surface area contributed by atoms with E-state index in [1.54, 1.807) is 26.0 Å². The van der Waals surface area contributed by atoms with Crippen LogP contribution in [0.2, 0.25) is 0 Å². The standard InChI is InChI=1S/C16H17FN2O2/c1-9-4-5-12(7-14(9)17)11(3)19-15-6-10(2)18-8-13(15)16(20)21/h4-8,11H,1-3H3,(H,18,19)(H,20,21). The molecule has 0 aliphatic rings. The van der Waals surface area contributed by atoms with Gasteiger partial charge in [0.1, 0.15) is 11.4 Å². The number of carboxylic acids is 1. The van der Waals surface area contributed by atoms with Gasteiger partial charge in [-0.05, 0) is 44.0 Å². The number of aromatic carboxylic acids is 1. The Morgan fingerprint density at radius 1 is 1.33 bits per heavy atom. The summed E-state index contributed by atoms with van der Waals surface area (Å²) in [5.74, 6) is -1.32. The maximum absolute atomic E-state index is 13.6. The molecule has 0 saturated heterocycles. The molecule has 0 aliphatic carbocycles. The number of hydrogen-bond donors (Lipinski definition) is 2. The quantitative estimate of drug-likeness (QED) is 0.900. The van der Waals surface area contributed by atoms with Crippen LogP contribution < -0.4 is 5.32 Å². The molecule has 1 unspecified atom stereocenters. The number of carbonyl (C=O) groups is 1. The number of halogens is 1. The largest absolute Gasteiger partial charge is 0.478 e. The molecular weight excluding hydrogens is 271 g/mol. The highest BCUT2D eigenvalue weighted by Gasteiger charge is 2.14. The number of pyridine rings is 1. The second-order valence-corrected chi connectivity index (χ2v) is 5.05. The molecule has 110 valence electrons. The summed E-state index contributed by atoms with van der Waals surface area (Å²) in [7, 11) is 0. The number of nitrogens with one attached hydrogen (secondary N) is 1. The number of aryl methyl sites for hydroxylation is 2. The summed E-state index contributed by atoms with van der Waals surface area (Å²) in [5.41, 5.74) is 2.62. The van der Waals surface area contributed by atoms with Gasteiger partial charge in [-0.1, -0.05) is 12.1 Å². The van der Waals surface area contributed by atoms with Gasteiger partial charge in [-0.2, -0.15) is 0 Å². The Morgan fingerprint density at radius 3 is 2.67 bits per heavy atom. The fraction of sp³-hybridized carbons (Fsp3) is 0.250. The van der Waals surface area contributed by atoms with E-state index in [0.717, 1.165) is 5.56 Å². The highest BCUT2D eigenvalue weighted by atomic mass is 19.1. The Morgan fingerprint density at radius 2 is 2.05 bits per heavy atom. The summed E-state index contributed by atoms with van der Waals surface area (Å²) in [6.45, 7) is 5.34. The molecule has 2 N–H and O–H groups in total. The number of hydrogen-bond acceptors (Lipinski definition) is 3. The Balaban J connectivity index is 2.30. The first-order valence-corrected chi connectivity index (χ1v) is 6.61. The summed E-state index contributed by atoms with van der Waals surface area (Å²) < 4.78 is 13.6. The van der Waals surface area contributed by atoms with Gasteiger partial charge in [-0.25, -0.2) is 9.18 Å². The smallest absolute Gasteiger partial charge is 0.339 e. The van der Waals surface area contributed by atoms with E-state index in [0.29, 0.717) is 16.9 Å². The van der Waals surface area contributed by atoms with Gasteiger partial charge in [0.25, 0.3) is 0 Å². The number of nitrogens with zero attached hydrogens (tertiary/aromatic N) is 1. The van der Waals surface area contributed by atoms with E-state index >= 15 is 0 Å². The van der Waals surface area contributed by atoms with E-state index in [2.05, 4.69) is 10.3 Å². The molecule has 2 rings (SSSR count). The van der Waals surface area contributed by atoms with Crippen molar-refractivity contribution in [2.75, 3.05) is 5.32 Å². The lowest BCUT2D eigenvalue weighted by molar-refractivity contribution is 0.0697. The van der Waals surface area contributed by atoms with Crippen molar-refractivity contribution in [3.05, 3.63) is 58.7 Å². The summed E-state index contributed by atoms with van der Waals surface area (Å²) in [5, 5.41) is 12.3. The van der Waals surface area contributed by atoms with Crippen LogP contribution in [0.1, 0.15) is 40.1 Å². The fourth-order valence-electron chi connectivity index (χ4n) is 2.04. The summed E-state index contributed by atoms with van der Waals surface area (Å²) in [6.07, 6.45) is 1.32. The predicted octanol–water partition coefficient (Wildman–Crippen LogP) is 3.71. The molecule has 2 aromatic rings. The van der Waals surface area contributed by atoms with Crippen LogP contribution >= 0.6 is 0 Å². The zero-order valence-electron chi connectivity index (χ0n) is 12.1. The molecule has 1 aromatic heterocycles. The fourth-order valence-corrected chi connectivity index (χ4v) is 2.04. The second kappa shape index (κ2) is 5.91. The molecule has 0 aliphatic heterocycles. The maximum Gasteiger partial charge on any atom is 0.339 e. The normalized spacial score (nSPS) is 12.0. The average Bonchev–Trinajstić information content (AvgIpc) is 2.41. The first kappa shape index (κ1) is 15.0. The maximum atomic E-state index is 13.6. The Hall–Kier alpha value is -2.43. The van der Waals surface area contributed by atoms with E-state index in [1.165, 1.54) is 12.3 Å². The van der Waals surface area contributed by atoms with Crippen LogP contribution in [0.3, 0.4) is 0 Å². The molecular formula is C16H17FN2O2. The lowest BCUT2D eigenvalue weighted by atomic mass is 10.1. The molecule has 0 fully saturated rings. The number of benzene rings is 1. The molecule has 5 heteroatoms. The molecule has 0 saturated carbocycles. The summed E-state index contributed by atoms with van der Waals surface area (Å²) in [4.78, 5) is 15.2. The Kier molecular flexibility index (Phi) is 4.21. The molecule has 0 bridgehead atoms. The zero-order valence-corrected chi connectivity index (χ0v) is 12.1. The number of aromatic nitrogens is 1. The van der Waals surface area contributed by atoms with Crippen LogP contribution in [-0.4, -0.2) is 16.1 Å². The van der Waals surface area contributed by atoms with Gasteiger partial charge >= 0.3 is 5.97 Å². The predicted molar refractivity (Wildman–Crippen MR) is 79.1 cm³/mol. The van der Waals surface area contributed by atoms with Gasteiger partial charge in [0.15, 0.2) is 0 Å². The molecule has 0 amide bonds. The lowest BCUT2D eigenvalue weighted by Gasteiger charge is -2.18. The van der Waals surface area contributed by atoms with Crippen LogP contribution in [0.4, 0.5) is 10.1 Å². The third-order valence-corrected chi connectivity index (χ3v) is 3.34. The van der Waals surface area contributed by atoms with Crippen molar-refractivity contribution in [1.82, 2.24) is 4.98 Å². The van der Waals surface area contributed by atoms with Crippen molar-refractivity contribution >= 4 is 11.7 Å². The van der Waals surface area contributed by atoms with Crippen molar-refractivity contribution in [2.24, 2.45) is 0 Å². The van der Waals surface area contributed by atoms with E-state index in [4.69, 9.17) is 0 Å². The number of carboxylic acid groups (broad SMARTS) is 1.